The topological polar surface area (TPSA) is 225 Å². The molecule has 0 aliphatic carbocycles. The van der Waals surface area contributed by atoms with E-state index in [2.05, 4.69) is 0 Å². The van der Waals surface area contributed by atoms with E-state index in [1.165, 1.54) is 26.2 Å². The summed E-state index contributed by atoms with van der Waals surface area (Å²) >= 11 is 0. The number of methoxy groups -OCH3 is 1. The molecule has 3 rings (SSSR count). The van der Waals surface area contributed by atoms with Crippen molar-refractivity contribution in [2.45, 2.75) is 68.3 Å². The summed E-state index contributed by atoms with van der Waals surface area (Å²) in [7, 11) is 1.31. The summed E-state index contributed by atoms with van der Waals surface area (Å²) in [6.07, 6.45) is -16.1. The molecule has 0 bridgehead atoms. The number of rotatable bonds is 8. The Morgan fingerprint density at radius 3 is 2.03 bits per heavy atom. The van der Waals surface area contributed by atoms with Crippen LogP contribution in [0.2, 0.25) is 0 Å². The highest BCUT2D eigenvalue weighted by Gasteiger charge is 2.48. The molecular weight excluding hydrogens is 476 g/mol. The number of phenolic OH excluding ortho intramolecular Hbond substituents is 1. The van der Waals surface area contributed by atoms with E-state index in [0.29, 0.717) is 0 Å². The van der Waals surface area contributed by atoms with Crippen LogP contribution in [0.3, 0.4) is 0 Å². The van der Waals surface area contributed by atoms with Gasteiger partial charge in [0.2, 0.25) is 6.29 Å². The normalized spacial score (nSPS) is 37.6. The van der Waals surface area contributed by atoms with Gasteiger partial charge in [0.1, 0.15) is 71.6 Å². The van der Waals surface area contributed by atoms with Gasteiger partial charge in [-0.25, -0.2) is 0 Å². The van der Waals surface area contributed by atoms with Crippen molar-refractivity contribution in [1.82, 2.24) is 0 Å². The Kier molecular flexibility index (Phi) is 8.87. The zero-order chi connectivity index (χ0) is 26.0. The maximum atomic E-state index is 12.0. The molecule has 10 atom stereocenters. The van der Waals surface area contributed by atoms with Gasteiger partial charge in [-0.3, -0.25) is 4.79 Å². The van der Waals surface area contributed by atoms with Crippen LogP contribution in [-0.4, -0.2) is 128 Å². The quantitative estimate of drug-likeness (QED) is 0.161. The van der Waals surface area contributed by atoms with Gasteiger partial charge in [0.15, 0.2) is 12.1 Å². The van der Waals surface area contributed by atoms with Crippen LogP contribution in [0.25, 0.3) is 0 Å². The van der Waals surface area contributed by atoms with Crippen molar-refractivity contribution in [2.24, 2.45) is 0 Å². The summed E-state index contributed by atoms with van der Waals surface area (Å²) in [6, 6.07) is 2.43. The van der Waals surface area contributed by atoms with Gasteiger partial charge in [0, 0.05) is 12.1 Å². The Morgan fingerprint density at radius 1 is 0.886 bits per heavy atom. The third kappa shape index (κ3) is 5.67. The van der Waals surface area contributed by atoms with Crippen LogP contribution in [0.15, 0.2) is 12.1 Å². The second kappa shape index (κ2) is 11.3. The molecule has 2 aliphatic rings. The average molecular weight is 506 g/mol. The van der Waals surface area contributed by atoms with E-state index in [9.17, 15) is 45.6 Å². The molecule has 2 heterocycles. The molecule has 0 saturated carbocycles. The minimum atomic E-state index is -1.79. The number of Topliss-reactive ketones (excluding diaryl/α,β-unsaturated/α-hetero) is 1. The number of phenols is 1. The molecule has 0 amide bonds. The predicted octanol–water partition coefficient (Wildman–Crippen LogP) is -3.39. The third-order valence-corrected chi connectivity index (χ3v) is 5.83. The standard InChI is InChI=1S/C21H30O14/c1-7(23)13-9(24)3-8(31-2)4-10(13)33-21-19(30)17(28)15(26)12(35-21)6-32-20-18(29)16(27)14(25)11(5-22)34-20/h3-4,11-12,14-22,24-30H,5-6H2,1-2H3/t11-,12+,14+,15+,16+,17-,18+,19-,20-,21-/m1/s1. The highest BCUT2D eigenvalue weighted by molar-refractivity contribution is 5.99. The van der Waals surface area contributed by atoms with Gasteiger partial charge in [-0.15, -0.1) is 0 Å². The van der Waals surface area contributed by atoms with Crippen LogP contribution in [-0.2, 0) is 14.2 Å². The lowest BCUT2D eigenvalue weighted by Crippen LogP contribution is -2.62. The Labute approximate surface area is 199 Å². The van der Waals surface area contributed by atoms with Crippen molar-refractivity contribution in [2.75, 3.05) is 20.3 Å². The molecule has 0 radical (unpaired) electrons. The van der Waals surface area contributed by atoms with E-state index in [4.69, 9.17) is 23.7 Å². The van der Waals surface area contributed by atoms with Crippen LogP contribution in [0.1, 0.15) is 17.3 Å². The first-order chi connectivity index (χ1) is 16.5. The summed E-state index contributed by atoms with van der Waals surface area (Å²) in [4.78, 5) is 12.0. The molecule has 2 aliphatic heterocycles. The molecule has 35 heavy (non-hydrogen) atoms. The van der Waals surface area contributed by atoms with Gasteiger partial charge >= 0.3 is 0 Å². The second-order valence-corrected chi connectivity index (χ2v) is 8.24. The van der Waals surface area contributed by atoms with E-state index in [1.54, 1.807) is 0 Å². The van der Waals surface area contributed by atoms with Gasteiger partial charge in [0.25, 0.3) is 0 Å². The van der Waals surface area contributed by atoms with Crippen LogP contribution in [0.5, 0.6) is 17.2 Å². The lowest BCUT2D eigenvalue weighted by Gasteiger charge is -2.42. The number of carbonyl (C=O) groups is 1. The van der Waals surface area contributed by atoms with Crippen molar-refractivity contribution >= 4 is 5.78 Å². The Morgan fingerprint density at radius 2 is 1.46 bits per heavy atom. The fourth-order valence-electron chi connectivity index (χ4n) is 3.81. The zero-order valence-corrected chi connectivity index (χ0v) is 18.9. The highest BCUT2D eigenvalue weighted by atomic mass is 16.7. The average Bonchev–Trinajstić information content (AvgIpc) is 2.82. The molecule has 1 aromatic carbocycles. The Hall–Kier alpha value is -2.11. The number of aromatic hydroxyl groups is 1. The molecule has 8 N–H and O–H groups in total. The number of aliphatic hydroxyl groups is 7. The monoisotopic (exact) mass is 506 g/mol. The van der Waals surface area contributed by atoms with Crippen LogP contribution in [0, 0.1) is 0 Å². The van der Waals surface area contributed by atoms with E-state index in [-0.39, 0.29) is 17.1 Å². The summed E-state index contributed by atoms with van der Waals surface area (Å²) in [5.74, 6) is -1.14. The van der Waals surface area contributed by atoms with E-state index < -0.39 is 86.2 Å². The third-order valence-electron chi connectivity index (χ3n) is 5.83. The lowest BCUT2D eigenvalue weighted by atomic mass is 9.98. The fraction of sp³-hybridized carbons (Fsp3) is 0.667. The molecule has 14 heteroatoms. The molecule has 2 saturated heterocycles. The minimum Gasteiger partial charge on any atom is -0.507 e. The van der Waals surface area contributed by atoms with Crippen molar-refractivity contribution in [1.29, 1.82) is 0 Å². The smallest absolute Gasteiger partial charge is 0.229 e. The number of ether oxygens (including phenoxy) is 5. The van der Waals surface area contributed by atoms with Gasteiger partial charge < -0.3 is 64.5 Å². The van der Waals surface area contributed by atoms with Crippen LogP contribution in [0.4, 0.5) is 0 Å². The second-order valence-electron chi connectivity index (χ2n) is 8.24. The number of hydrogen-bond donors (Lipinski definition) is 8. The maximum absolute atomic E-state index is 12.0. The molecule has 2 fully saturated rings. The first kappa shape index (κ1) is 27.5. The SMILES string of the molecule is COc1cc(O)c(C(C)=O)c(O[C@@H]2O[C@@H](CO[C@@H]3O[C@H](CO)[C@H](O)[C@H](O)[C@@H]3O)[C@H](O)[C@@H](O)[C@H]2O)c1. The summed E-state index contributed by atoms with van der Waals surface area (Å²) in [5.41, 5.74) is -0.240. The minimum absolute atomic E-state index is 0.121. The number of carbonyl (C=O) groups excluding carboxylic acids is 1. The molecule has 0 unspecified atom stereocenters. The van der Waals surface area contributed by atoms with Crippen molar-refractivity contribution in [3.05, 3.63) is 17.7 Å². The van der Waals surface area contributed by atoms with Crippen molar-refractivity contribution in [3.63, 3.8) is 0 Å². The largest absolute Gasteiger partial charge is 0.507 e. The Balaban J connectivity index is 1.76. The lowest BCUT2D eigenvalue weighted by molar-refractivity contribution is -0.323. The molecule has 198 valence electrons. The molecule has 1 aromatic rings. The molecular formula is C21H30O14. The van der Waals surface area contributed by atoms with Crippen molar-refractivity contribution in [3.8, 4) is 17.2 Å². The first-order valence-corrected chi connectivity index (χ1v) is 10.7. The maximum Gasteiger partial charge on any atom is 0.229 e. The van der Waals surface area contributed by atoms with Crippen LogP contribution >= 0.6 is 0 Å². The summed E-state index contributed by atoms with van der Waals surface area (Å²) < 4.78 is 26.7. The number of aliphatic hydroxyl groups excluding tert-OH is 7. The fourth-order valence-corrected chi connectivity index (χ4v) is 3.81. The van der Waals surface area contributed by atoms with E-state index in [1.807, 2.05) is 0 Å². The van der Waals surface area contributed by atoms with Crippen molar-refractivity contribution < 1.29 is 69.3 Å². The summed E-state index contributed by atoms with van der Waals surface area (Å²) in [5, 5.41) is 80.2. The van der Waals surface area contributed by atoms with Gasteiger partial charge in [0.05, 0.1) is 20.3 Å². The number of benzene rings is 1. The number of hydrogen-bond acceptors (Lipinski definition) is 14. The molecule has 0 spiro atoms. The van der Waals surface area contributed by atoms with Gasteiger partial charge in [-0.1, -0.05) is 0 Å². The van der Waals surface area contributed by atoms with E-state index in [0.717, 1.165) is 0 Å². The molecule has 0 aromatic heterocycles. The first-order valence-electron chi connectivity index (χ1n) is 10.7. The van der Waals surface area contributed by atoms with Gasteiger partial charge in [-0.2, -0.15) is 0 Å². The Bertz CT molecular complexity index is 878. The summed E-state index contributed by atoms with van der Waals surface area (Å²) in [6.45, 7) is -0.0707. The molecule has 14 nitrogen and oxygen atoms in total. The number of ketones is 1. The zero-order valence-electron chi connectivity index (χ0n) is 18.9. The highest BCUT2D eigenvalue weighted by Crippen LogP contribution is 2.36. The van der Waals surface area contributed by atoms with Crippen LogP contribution < -0.4 is 9.47 Å². The van der Waals surface area contributed by atoms with E-state index >= 15 is 0 Å². The van der Waals surface area contributed by atoms with Gasteiger partial charge in [-0.05, 0) is 6.92 Å². The predicted molar refractivity (Wildman–Crippen MR) is 112 cm³/mol.